The van der Waals surface area contributed by atoms with Gasteiger partial charge in [-0.1, -0.05) is 48.0 Å². The van der Waals surface area contributed by atoms with Crippen molar-refractivity contribution in [2.75, 3.05) is 13.2 Å². The fourth-order valence-electron chi connectivity index (χ4n) is 4.50. The first-order chi connectivity index (χ1) is 15.9. The Bertz CT molecular complexity index is 1070. The van der Waals surface area contributed by atoms with E-state index in [0.717, 1.165) is 35.7 Å². The quantitative estimate of drug-likeness (QED) is 0.319. The van der Waals surface area contributed by atoms with Crippen LogP contribution in [0.25, 0.3) is 10.9 Å². The zero-order valence-electron chi connectivity index (χ0n) is 18.2. The van der Waals surface area contributed by atoms with E-state index < -0.39 is 37.1 Å². The number of ether oxygens (including phenoxy) is 1. The standard InChI is InChI=1S/C25H30ClNO6/c26-19-6-3-5-17-18(25-24(32)23(31)22(30)20(14-29)33-25)13-27(21(17)19)12-16-9-7-15(8-10-16)4-1-2-11-28/h3,5-10,13,20,22-25,28-32H,1-2,4,11-12,14H2/t20-,22-,23+,24-,25+/m1/s1. The molecule has 0 unspecified atom stereocenters. The lowest BCUT2D eigenvalue weighted by Gasteiger charge is -2.40. The summed E-state index contributed by atoms with van der Waals surface area (Å²) in [6.07, 6.45) is -1.64. The molecule has 0 bridgehead atoms. The Hall–Kier alpha value is -1.97. The number of benzene rings is 2. The number of rotatable bonds is 8. The van der Waals surface area contributed by atoms with Gasteiger partial charge in [-0.15, -0.1) is 0 Å². The average molecular weight is 476 g/mol. The maximum atomic E-state index is 10.6. The number of unbranched alkanes of at least 4 members (excludes halogenated alkanes) is 1. The van der Waals surface area contributed by atoms with E-state index in [1.54, 1.807) is 6.07 Å². The van der Waals surface area contributed by atoms with E-state index in [1.807, 2.05) is 22.9 Å². The minimum absolute atomic E-state index is 0.205. The Kier molecular flexibility index (Phi) is 7.71. The lowest BCUT2D eigenvalue weighted by Crippen LogP contribution is -2.55. The van der Waals surface area contributed by atoms with E-state index in [9.17, 15) is 20.4 Å². The van der Waals surface area contributed by atoms with Crippen molar-refractivity contribution in [1.29, 1.82) is 0 Å². The van der Waals surface area contributed by atoms with Crippen LogP contribution in [0.1, 0.15) is 35.6 Å². The highest BCUT2D eigenvalue weighted by molar-refractivity contribution is 6.35. The van der Waals surface area contributed by atoms with Crippen molar-refractivity contribution in [2.45, 2.75) is 56.3 Å². The second kappa shape index (κ2) is 10.5. The number of hydrogen-bond donors (Lipinski definition) is 5. The average Bonchev–Trinajstić information content (AvgIpc) is 3.18. The van der Waals surface area contributed by atoms with Gasteiger partial charge in [0, 0.05) is 30.3 Å². The van der Waals surface area contributed by atoms with Gasteiger partial charge in [-0.3, -0.25) is 0 Å². The molecule has 1 aliphatic heterocycles. The first-order valence-electron chi connectivity index (χ1n) is 11.2. The summed E-state index contributed by atoms with van der Waals surface area (Å²) < 4.78 is 7.79. The Morgan fingerprint density at radius 3 is 2.30 bits per heavy atom. The van der Waals surface area contributed by atoms with Gasteiger partial charge in [0.25, 0.3) is 0 Å². The summed E-state index contributed by atoms with van der Waals surface area (Å²) in [6.45, 7) is 0.260. The molecule has 5 N–H and O–H groups in total. The summed E-state index contributed by atoms with van der Waals surface area (Å²) in [6, 6.07) is 13.8. The first-order valence-corrected chi connectivity index (χ1v) is 11.6. The van der Waals surface area contributed by atoms with Crippen LogP contribution >= 0.6 is 11.6 Å². The lowest BCUT2D eigenvalue weighted by molar-refractivity contribution is -0.231. The molecular weight excluding hydrogens is 446 g/mol. The number of aromatic nitrogens is 1. The number of fused-ring (bicyclic) bond motifs is 1. The largest absolute Gasteiger partial charge is 0.396 e. The van der Waals surface area contributed by atoms with Gasteiger partial charge in [-0.25, -0.2) is 0 Å². The van der Waals surface area contributed by atoms with Gasteiger partial charge in [-0.2, -0.15) is 0 Å². The minimum atomic E-state index is -1.45. The predicted octanol–water partition coefficient (Wildman–Crippen LogP) is 2.17. The van der Waals surface area contributed by atoms with E-state index in [4.69, 9.17) is 21.4 Å². The molecular formula is C25H30ClNO6. The number of nitrogens with zero attached hydrogens (tertiary/aromatic N) is 1. The van der Waals surface area contributed by atoms with Crippen molar-refractivity contribution < 1.29 is 30.3 Å². The van der Waals surface area contributed by atoms with Crippen LogP contribution in [-0.2, 0) is 17.7 Å². The molecule has 1 aliphatic rings. The third-order valence-corrected chi connectivity index (χ3v) is 6.63. The maximum Gasteiger partial charge on any atom is 0.114 e. The summed E-state index contributed by atoms with van der Waals surface area (Å²) in [5, 5.41) is 50.9. The van der Waals surface area contributed by atoms with Crippen molar-refractivity contribution in [3.63, 3.8) is 0 Å². The first kappa shape index (κ1) is 24.2. The molecule has 2 heterocycles. The molecule has 1 aromatic heterocycles. The molecule has 7 nitrogen and oxygen atoms in total. The van der Waals surface area contributed by atoms with Crippen LogP contribution in [0, 0.1) is 0 Å². The Balaban J connectivity index is 1.65. The van der Waals surface area contributed by atoms with Crippen LogP contribution < -0.4 is 0 Å². The molecule has 8 heteroatoms. The van der Waals surface area contributed by atoms with Crippen molar-refractivity contribution in [3.8, 4) is 0 Å². The van der Waals surface area contributed by atoms with Crippen LogP contribution in [0.2, 0.25) is 5.02 Å². The number of halogens is 1. The smallest absolute Gasteiger partial charge is 0.114 e. The lowest BCUT2D eigenvalue weighted by atomic mass is 9.91. The third-order valence-electron chi connectivity index (χ3n) is 6.33. The zero-order valence-corrected chi connectivity index (χ0v) is 19.0. The number of aliphatic hydroxyl groups excluding tert-OH is 5. The molecule has 0 aliphatic carbocycles. The maximum absolute atomic E-state index is 10.6. The van der Waals surface area contributed by atoms with Crippen molar-refractivity contribution in [3.05, 3.63) is 70.4 Å². The number of para-hydroxylation sites is 1. The molecule has 1 saturated heterocycles. The predicted molar refractivity (Wildman–Crippen MR) is 125 cm³/mol. The molecule has 5 atom stereocenters. The third kappa shape index (κ3) is 4.95. The molecule has 4 rings (SSSR count). The molecule has 1 fully saturated rings. The molecule has 0 spiro atoms. The second-order valence-corrected chi connectivity index (χ2v) is 9.00. The van der Waals surface area contributed by atoms with E-state index >= 15 is 0 Å². The van der Waals surface area contributed by atoms with E-state index in [2.05, 4.69) is 24.3 Å². The molecule has 0 radical (unpaired) electrons. The molecule has 178 valence electrons. The minimum Gasteiger partial charge on any atom is -0.396 e. The van der Waals surface area contributed by atoms with Crippen LogP contribution in [0.4, 0.5) is 0 Å². The fraction of sp³-hybridized carbons (Fsp3) is 0.440. The Labute approximate surface area is 197 Å². The number of hydrogen-bond acceptors (Lipinski definition) is 6. The van der Waals surface area contributed by atoms with Gasteiger partial charge in [0.1, 0.15) is 30.5 Å². The zero-order chi connectivity index (χ0) is 23.5. The van der Waals surface area contributed by atoms with Gasteiger partial charge in [0.05, 0.1) is 17.1 Å². The van der Waals surface area contributed by atoms with Gasteiger partial charge in [-0.05, 0) is 36.5 Å². The Morgan fingerprint density at radius 1 is 0.879 bits per heavy atom. The molecule has 2 aromatic carbocycles. The summed E-state index contributed by atoms with van der Waals surface area (Å²) in [5.41, 5.74) is 3.69. The van der Waals surface area contributed by atoms with E-state index in [-0.39, 0.29) is 6.61 Å². The van der Waals surface area contributed by atoms with Crippen LogP contribution in [0.5, 0.6) is 0 Å². The summed E-state index contributed by atoms with van der Waals surface area (Å²) in [5.74, 6) is 0. The van der Waals surface area contributed by atoms with Crippen molar-refractivity contribution in [2.24, 2.45) is 0 Å². The molecule has 0 amide bonds. The van der Waals surface area contributed by atoms with Crippen LogP contribution in [0.3, 0.4) is 0 Å². The second-order valence-electron chi connectivity index (χ2n) is 8.60. The van der Waals surface area contributed by atoms with Gasteiger partial charge >= 0.3 is 0 Å². The normalized spacial score (nSPS) is 25.6. The van der Waals surface area contributed by atoms with Gasteiger partial charge in [0.2, 0.25) is 0 Å². The van der Waals surface area contributed by atoms with Crippen LogP contribution in [-0.4, -0.2) is 67.7 Å². The highest BCUT2D eigenvalue weighted by Gasteiger charge is 2.44. The topological polar surface area (TPSA) is 115 Å². The van der Waals surface area contributed by atoms with Crippen LogP contribution in [0.15, 0.2) is 48.7 Å². The van der Waals surface area contributed by atoms with E-state index in [1.165, 1.54) is 5.56 Å². The highest BCUT2D eigenvalue weighted by Crippen LogP contribution is 2.39. The molecule has 3 aromatic rings. The van der Waals surface area contributed by atoms with Crippen molar-refractivity contribution >= 4 is 22.5 Å². The van der Waals surface area contributed by atoms with Gasteiger partial charge in [0.15, 0.2) is 0 Å². The number of aryl methyl sites for hydroxylation is 1. The highest BCUT2D eigenvalue weighted by atomic mass is 35.5. The molecule has 33 heavy (non-hydrogen) atoms. The summed E-state index contributed by atoms with van der Waals surface area (Å²) >= 11 is 6.55. The monoisotopic (exact) mass is 475 g/mol. The summed E-state index contributed by atoms with van der Waals surface area (Å²) in [7, 11) is 0. The van der Waals surface area contributed by atoms with Gasteiger partial charge < -0.3 is 34.8 Å². The Morgan fingerprint density at radius 2 is 1.61 bits per heavy atom. The summed E-state index contributed by atoms with van der Waals surface area (Å²) in [4.78, 5) is 0. The molecule has 0 saturated carbocycles. The number of aliphatic hydroxyl groups is 5. The van der Waals surface area contributed by atoms with Crippen molar-refractivity contribution in [1.82, 2.24) is 4.57 Å². The van der Waals surface area contributed by atoms with E-state index in [0.29, 0.717) is 17.1 Å². The SMILES string of the molecule is OCCCCc1ccc(Cn2cc([C@@H]3O[C@H](CO)[C@@H](O)[C@H](O)[C@H]3O)c3cccc(Cl)c32)cc1. The fourth-order valence-corrected chi connectivity index (χ4v) is 4.78.